The zero-order valence-corrected chi connectivity index (χ0v) is 16.6. The highest BCUT2D eigenvalue weighted by molar-refractivity contribution is 7.93. The second-order valence-corrected chi connectivity index (χ2v) is 9.71. The topological polar surface area (TPSA) is 150 Å². The van der Waals surface area contributed by atoms with Crippen molar-refractivity contribution in [1.82, 2.24) is 4.90 Å². The molecule has 0 unspecified atom stereocenters. The number of amides is 1. The van der Waals surface area contributed by atoms with Gasteiger partial charge in [0.25, 0.3) is 0 Å². The molecule has 1 aliphatic rings. The third kappa shape index (κ3) is 4.20. The molecule has 1 amide bonds. The average Bonchev–Trinajstić information content (AvgIpc) is 2.60. The predicted octanol–water partition coefficient (Wildman–Crippen LogP) is 3.26. The van der Waals surface area contributed by atoms with E-state index in [9.17, 15) is 23.1 Å². The van der Waals surface area contributed by atoms with Crippen LogP contribution in [0.1, 0.15) is 33.6 Å². The number of carboxylic acid groups (broad SMARTS) is 1. The van der Waals surface area contributed by atoms with E-state index in [0.29, 0.717) is 0 Å². The molecule has 0 bridgehead atoms. The lowest BCUT2D eigenvalue weighted by Gasteiger charge is -2.38. The van der Waals surface area contributed by atoms with Crippen molar-refractivity contribution < 1.29 is 27.9 Å². The third-order valence-electron chi connectivity index (χ3n) is 4.43. The molecular weight excluding hydrogens is 388 g/mol. The quantitative estimate of drug-likeness (QED) is 0.457. The van der Waals surface area contributed by atoms with Crippen LogP contribution in [0.5, 0.6) is 0 Å². The standard InChI is InChI=1S/C17H22N4O6S/c1-16(2,3)27-15(24)21-10-8-17(9-11-21,14(22)23)28(25,26)13-6-4-12(5-7-13)19-20-18/h4-7H,8-11H2,1-3H3,(H,22,23). The number of carboxylic acids is 1. The lowest BCUT2D eigenvalue weighted by molar-refractivity contribution is -0.141. The Bertz CT molecular complexity index is 906. The smallest absolute Gasteiger partial charge is 0.410 e. The molecule has 1 aromatic rings. The molecule has 1 saturated heterocycles. The highest BCUT2D eigenvalue weighted by Crippen LogP contribution is 2.37. The van der Waals surface area contributed by atoms with Gasteiger partial charge in [0.15, 0.2) is 14.6 Å². The lowest BCUT2D eigenvalue weighted by atomic mass is 9.96. The summed E-state index contributed by atoms with van der Waals surface area (Å²) < 4.78 is 29.4. The molecule has 0 aliphatic carbocycles. The number of hydrogen-bond acceptors (Lipinski definition) is 6. The molecule has 1 aromatic carbocycles. The van der Waals surface area contributed by atoms with Gasteiger partial charge in [0.05, 0.1) is 4.90 Å². The van der Waals surface area contributed by atoms with E-state index in [0.717, 1.165) is 0 Å². The molecule has 2 rings (SSSR count). The Hall–Kier alpha value is -2.78. The first-order valence-corrected chi connectivity index (χ1v) is 10.0. The fraction of sp³-hybridized carbons (Fsp3) is 0.529. The van der Waals surface area contributed by atoms with E-state index in [1.807, 2.05) is 0 Å². The molecule has 0 radical (unpaired) electrons. The SMILES string of the molecule is CC(C)(C)OC(=O)N1CCC(C(=O)O)(S(=O)(=O)c2ccc(N=[N+]=[N-])cc2)CC1. The normalized spacial score (nSPS) is 16.8. The second-order valence-electron chi connectivity index (χ2n) is 7.45. The number of hydrogen-bond donors (Lipinski definition) is 1. The average molecular weight is 410 g/mol. The first-order valence-electron chi connectivity index (χ1n) is 8.54. The fourth-order valence-corrected chi connectivity index (χ4v) is 4.84. The molecule has 152 valence electrons. The van der Waals surface area contributed by atoms with Crippen LogP contribution < -0.4 is 0 Å². The largest absolute Gasteiger partial charge is 0.480 e. The molecule has 0 aromatic heterocycles. The van der Waals surface area contributed by atoms with Gasteiger partial charge in [0.2, 0.25) is 0 Å². The van der Waals surface area contributed by atoms with Crippen LogP contribution in [0, 0.1) is 0 Å². The van der Waals surface area contributed by atoms with E-state index in [4.69, 9.17) is 10.3 Å². The van der Waals surface area contributed by atoms with Crippen molar-refractivity contribution in [1.29, 1.82) is 0 Å². The maximum Gasteiger partial charge on any atom is 0.410 e. The van der Waals surface area contributed by atoms with Crippen molar-refractivity contribution in [2.24, 2.45) is 5.11 Å². The minimum atomic E-state index is -4.25. The van der Waals surface area contributed by atoms with Crippen LogP contribution in [0.15, 0.2) is 34.3 Å². The molecule has 0 atom stereocenters. The predicted molar refractivity (Wildman–Crippen MR) is 99.8 cm³/mol. The summed E-state index contributed by atoms with van der Waals surface area (Å²) in [5, 5.41) is 13.1. The maximum atomic E-state index is 13.1. The number of carbonyl (C=O) groups excluding carboxylic acids is 1. The number of carbonyl (C=O) groups is 2. The Morgan fingerprint density at radius 2 is 1.75 bits per heavy atom. The first kappa shape index (κ1) is 21.5. The first-order chi connectivity index (χ1) is 12.9. The van der Waals surface area contributed by atoms with Gasteiger partial charge in [-0.2, -0.15) is 0 Å². The minimum Gasteiger partial charge on any atom is -0.480 e. The number of azide groups is 1. The summed E-state index contributed by atoms with van der Waals surface area (Å²) in [6.45, 7) is 5.01. The highest BCUT2D eigenvalue weighted by Gasteiger charge is 2.54. The van der Waals surface area contributed by atoms with Gasteiger partial charge < -0.3 is 14.7 Å². The van der Waals surface area contributed by atoms with E-state index >= 15 is 0 Å². The van der Waals surface area contributed by atoms with Gasteiger partial charge in [-0.3, -0.25) is 4.79 Å². The fourth-order valence-electron chi connectivity index (χ4n) is 2.94. The number of benzene rings is 1. The monoisotopic (exact) mass is 410 g/mol. The molecule has 28 heavy (non-hydrogen) atoms. The van der Waals surface area contributed by atoms with Crippen molar-refractivity contribution >= 4 is 27.6 Å². The van der Waals surface area contributed by atoms with Gasteiger partial charge in [-0.1, -0.05) is 17.2 Å². The van der Waals surface area contributed by atoms with E-state index in [1.54, 1.807) is 20.8 Å². The Morgan fingerprint density at radius 1 is 1.21 bits per heavy atom. The molecule has 1 N–H and O–H groups in total. The van der Waals surface area contributed by atoms with E-state index in [1.165, 1.54) is 29.2 Å². The zero-order valence-electron chi connectivity index (χ0n) is 15.8. The molecular formula is C17H22N4O6S. The molecule has 1 fully saturated rings. The second kappa shape index (κ2) is 7.69. The molecule has 10 nitrogen and oxygen atoms in total. The van der Waals surface area contributed by atoms with Gasteiger partial charge in [0, 0.05) is 23.7 Å². The number of piperidine rings is 1. The van der Waals surface area contributed by atoms with Crippen LogP contribution in [0.2, 0.25) is 0 Å². The molecule has 11 heteroatoms. The van der Waals surface area contributed by atoms with Crippen LogP contribution in [0.4, 0.5) is 10.5 Å². The van der Waals surface area contributed by atoms with Crippen molar-refractivity contribution in [3.8, 4) is 0 Å². The Labute approximate surface area is 162 Å². The Balaban J connectivity index is 2.29. The summed E-state index contributed by atoms with van der Waals surface area (Å²) in [6.07, 6.45) is -1.13. The Morgan fingerprint density at radius 3 is 2.18 bits per heavy atom. The summed E-state index contributed by atoms with van der Waals surface area (Å²) in [5.41, 5.74) is 7.93. The van der Waals surface area contributed by atoms with Gasteiger partial charge >= 0.3 is 12.1 Å². The number of ether oxygens (including phenoxy) is 1. The van der Waals surface area contributed by atoms with Crippen LogP contribution in [-0.2, 0) is 19.4 Å². The number of aliphatic carboxylic acids is 1. The summed E-state index contributed by atoms with van der Waals surface area (Å²) in [7, 11) is -4.25. The van der Waals surface area contributed by atoms with E-state index < -0.39 is 32.2 Å². The van der Waals surface area contributed by atoms with Crippen molar-refractivity contribution in [2.45, 2.75) is 48.9 Å². The van der Waals surface area contributed by atoms with Gasteiger partial charge in [-0.25, -0.2) is 13.2 Å². The van der Waals surface area contributed by atoms with Crippen LogP contribution in [-0.4, -0.2) is 53.9 Å². The van der Waals surface area contributed by atoms with Crippen LogP contribution in [0.25, 0.3) is 10.4 Å². The zero-order chi connectivity index (χ0) is 21.2. The Kier molecular flexibility index (Phi) is 5.91. The van der Waals surface area contributed by atoms with Gasteiger partial charge in [-0.15, -0.1) is 0 Å². The number of likely N-dealkylation sites (tertiary alicyclic amines) is 1. The number of sulfone groups is 1. The van der Waals surface area contributed by atoms with Gasteiger partial charge in [0.1, 0.15) is 5.60 Å². The third-order valence-corrected chi connectivity index (χ3v) is 6.94. The summed E-state index contributed by atoms with van der Waals surface area (Å²) in [5.74, 6) is -1.46. The van der Waals surface area contributed by atoms with Crippen molar-refractivity contribution in [3.63, 3.8) is 0 Å². The summed E-state index contributed by atoms with van der Waals surface area (Å²) in [4.78, 5) is 27.9. The maximum absolute atomic E-state index is 13.1. The lowest BCUT2D eigenvalue weighted by Crippen LogP contribution is -2.55. The minimum absolute atomic E-state index is 0.0583. The van der Waals surface area contributed by atoms with Crippen molar-refractivity contribution in [3.05, 3.63) is 34.7 Å². The molecule has 0 saturated carbocycles. The van der Waals surface area contributed by atoms with Crippen LogP contribution in [0.3, 0.4) is 0 Å². The van der Waals surface area contributed by atoms with E-state index in [-0.39, 0.29) is 36.5 Å². The van der Waals surface area contributed by atoms with E-state index in [2.05, 4.69) is 10.0 Å². The van der Waals surface area contributed by atoms with Crippen LogP contribution >= 0.6 is 0 Å². The highest BCUT2D eigenvalue weighted by atomic mass is 32.2. The molecule has 1 heterocycles. The summed E-state index contributed by atoms with van der Waals surface area (Å²) >= 11 is 0. The molecule has 0 spiro atoms. The molecule has 1 aliphatic heterocycles. The van der Waals surface area contributed by atoms with Gasteiger partial charge in [-0.05, 0) is 51.3 Å². The number of nitrogens with zero attached hydrogens (tertiary/aromatic N) is 4. The number of rotatable bonds is 4. The summed E-state index contributed by atoms with van der Waals surface area (Å²) in [6, 6.07) is 5.03. The van der Waals surface area contributed by atoms with Crippen molar-refractivity contribution in [2.75, 3.05) is 13.1 Å².